The lowest BCUT2D eigenvalue weighted by atomic mass is 10.0. The molecule has 0 aliphatic heterocycles. The Morgan fingerprint density at radius 3 is 2.74 bits per heavy atom. The SMILES string of the molecule is Cc1cc(C)n2c(CN[C@H](CCO)c3ccccc3)cnc2n1. The molecule has 0 spiro atoms. The molecule has 23 heavy (non-hydrogen) atoms. The number of aliphatic hydroxyl groups excluding tert-OH is 1. The second kappa shape index (κ2) is 6.89. The molecule has 2 heterocycles. The number of imidazole rings is 1. The topological polar surface area (TPSA) is 62.5 Å². The van der Waals surface area contributed by atoms with E-state index in [9.17, 15) is 5.11 Å². The van der Waals surface area contributed by atoms with Crippen LogP contribution >= 0.6 is 0 Å². The van der Waals surface area contributed by atoms with Gasteiger partial charge in [0, 0.05) is 30.6 Å². The van der Waals surface area contributed by atoms with Crippen molar-refractivity contribution < 1.29 is 5.11 Å². The molecular weight excluding hydrogens is 288 g/mol. The minimum Gasteiger partial charge on any atom is -0.396 e. The summed E-state index contributed by atoms with van der Waals surface area (Å²) in [5.74, 6) is 0.734. The predicted molar refractivity (Wildman–Crippen MR) is 90.2 cm³/mol. The molecule has 120 valence electrons. The maximum Gasteiger partial charge on any atom is 0.234 e. The molecule has 2 N–H and O–H groups in total. The van der Waals surface area contributed by atoms with Crippen molar-refractivity contribution in [3.05, 3.63) is 65.2 Å². The number of benzene rings is 1. The van der Waals surface area contributed by atoms with Crippen LogP contribution in [0.4, 0.5) is 0 Å². The van der Waals surface area contributed by atoms with Crippen LogP contribution in [0.2, 0.25) is 0 Å². The first-order chi connectivity index (χ1) is 11.2. The third-order valence-corrected chi connectivity index (χ3v) is 4.01. The number of nitrogens with one attached hydrogen (secondary N) is 1. The normalized spacial score (nSPS) is 12.7. The number of aliphatic hydroxyl groups is 1. The Hall–Kier alpha value is -2.24. The molecule has 0 aliphatic rings. The number of nitrogens with zero attached hydrogens (tertiary/aromatic N) is 3. The van der Waals surface area contributed by atoms with Crippen molar-refractivity contribution in [3.63, 3.8) is 0 Å². The number of hydrogen-bond acceptors (Lipinski definition) is 4. The average Bonchev–Trinajstić information content (AvgIpc) is 2.95. The Morgan fingerprint density at radius 1 is 1.22 bits per heavy atom. The molecule has 0 bridgehead atoms. The van der Waals surface area contributed by atoms with Crippen LogP contribution in [0.15, 0.2) is 42.6 Å². The lowest BCUT2D eigenvalue weighted by Crippen LogP contribution is -2.23. The summed E-state index contributed by atoms with van der Waals surface area (Å²) in [5.41, 5.74) is 4.35. The highest BCUT2D eigenvalue weighted by atomic mass is 16.3. The van der Waals surface area contributed by atoms with E-state index in [2.05, 4.69) is 44.8 Å². The molecule has 2 aromatic heterocycles. The van der Waals surface area contributed by atoms with Gasteiger partial charge in [-0.05, 0) is 31.9 Å². The van der Waals surface area contributed by atoms with Gasteiger partial charge in [-0.2, -0.15) is 0 Å². The summed E-state index contributed by atoms with van der Waals surface area (Å²) < 4.78 is 2.07. The van der Waals surface area contributed by atoms with Crippen LogP contribution in [-0.2, 0) is 6.54 Å². The van der Waals surface area contributed by atoms with E-state index in [4.69, 9.17) is 0 Å². The Labute approximate surface area is 136 Å². The van der Waals surface area contributed by atoms with Crippen molar-refractivity contribution in [2.24, 2.45) is 0 Å². The number of aromatic nitrogens is 3. The largest absolute Gasteiger partial charge is 0.396 e. The highest BCUT2D eigenvalue weighted by Gasteiger charge is 2.13. The van der Waals surface area contributed by atoms with Gasteiger partial charge in [-0.1, -0.05) is 30.3 Å². The summed E-state index contributed by atoms with van der Waals surface area (Å²) in [7, 11) is 0. The number of fused-ring (bicyclic) bond motifs is 1. The van der Waals surface area contributed by atoms with Crippen molar-refractivity contribution in [2.45, 2.75) is 32.9 Å². The first kappa shape index (κ1) is 15.6. The standard InChI is InChI=1S/C18H22N4O/c1-13-10-14(2)22-16(12-20-18(22)21-13)11-19-17(8-9-23)15-6-4-3-5-7-15/h3-7,10,12,17,19,23H,8-9,11H2,1-2H3/t17-/m1/s1. The van der Waals surface area contributed by atoms with Gasteiger partial charge in [0.05, 0.1) is 11.9 Å². The van der Waals surface area contributed by atoms with Crippen molar-refractivity contribution in [1.29, 1.82) is 0 Å². The van der Waals surface area contributed by atoms with Gasteiger partial charge in [0.1, 0.15) is 0 Å². The lowest BCUT2D eigenvalue weighted by molar-refractivity contribution is 0.265. The highest BCUT2D eigenvalue weighted by Crippen LogP contribution is 2.17. The van der Waals surface area contributed by atoms with Crippen LogP contribution in [0.25, 0.3) is 5.78 Å². The fourth-order valence-electron chi connectivity index (χ4n) is 2.95. The average molecular weight is 310 g/mol. The van der Waals surface area contributed by atoms with Crippen LogP contribution in [0.3, 0.4) is 0 Å². The second-order valence-electron chi connectivity index (χ2n) is 5.78. The van der Waals surface area contributed by atoms with Crippen LogP contribution in [0, 0.1) is 13.8 Å². The zero-order valence-corrected chi connectivity index (χ0v) is 13.5. The van der Waals surface area contributed by atoms with Crippen LogP contribution in [-0.4, -0.2) is 26.1 Å². The number of hydrogen-bond donors (Lipinski definition) is 2. The first-order valence-corrected chi connectivity index (χ1v) is 7.89. The monoisotopic (exact) mass is 310 g/mol. The molecule has 0 saturated heterocycles. The summed E-state index contributed by atoms with van der Waals surface area (Å²) in [6.07, 6.45) is 2.54. The highest BCUT2D eigenvalue weighted by molar-refractivity contribution is 5.35. The number of aryl methyl sites for hydroxylation is 2. The van der Waals surface area contributed by atoms with Crippen LogP contribution < -0.4 is 5.32 Å². The first-order valence-electron chi connectivity index (χ1n) is 7.89. The summed E-state index contributed by atoms with van der Waals surface area (Å²) in [6.45, 7) is 4.87. The quantitative estimate of drug-likeness (QED) is 0.734. The molecule has 3 rings (SSSR count). The maximum absolute atomic E-state index is 9.33. The molecule has 0 amide bonds. The van der Waals surface area contributed by atoms with E-state index >= 15 is 0 Å². The molecule has 3 aromatic rings. The lowest BCUT2D eigenvalue weighted by Gasteiger charge is -2.18. The number of rotatable bonds is 6. The zero-order chi connectivity index (χ0) is 16.2. The molecule has 0 unspecified atom stereocenters. The maximum atomic E-state index is 9.33. The minimum atomic E-state index is 0.116. The molecule has 0 fully saturated rings. The third kappa shape index (κ3) is 3.41. The molecule has 0 saturated carbocycles. The van der Waals surface area contributed by atoms with Crippen molar-refractivity contribution in [1.82, 2.24) is 19.7 Å². The van der Waals surface area contributed by atoms with Gasteiger partial charge in [-0.25, -0.2) is 9.97 Å². The molecule has 1 aromatic carbocycles. The fourth-order valence-corrected chi connectivity index (χ4v) is 2.95. The molecule has 0 radical (unpaired) electrons. The summed E-state index contributed by atoms with van der Waals surface area (Å²) in [5, 5.41) is 12.9. The Kier molecular flexibility index (Phi) is 4.69. The van der Waals surface area contributed by atoms with E-state index in [1.165, 1.54) is 5.56 Å². The molecule has 0 aliphatic carbocycles. The van der Waals surface area contributed by atoms with E-state index < -0.39 is 0 Å². The molecular formula is C18H22N4O. The van der Waals surface area contributed by atoms with Gasteiger partial charge in [-0.15, -0.1) is 0 Å². The van der Waals surface area contributed by atoms with Crippen LogP contribution in [0.5, 0.6) is 0 Å². The predicted octanol–water partition coefficient (Wildman–Crippen LogP) is 2.56. The third-order valence-electron chi connectivity index (χ3n) is 4.01. The fraction of sp³-hybridized carbons (Fsp3) is 0.333. The summed E-state index contributed by atoms with van der Waals surface area (Å²) >= 11 is 0. The van der Waals surface area contributed by atoms with Crippen LogP contribution in [0.1, 0.15) is 35.1 Å². The van der Waals surface area contributed by atoms with E-state index in [1.807, 2.05) is 31.3 Å². The zero-order valence-electron chi connectivity index (χ0n) is 13.5. The van der Waals surface area contributed by atoms with E-state index in [0.717, 1.165) is 22.9 Å². The molecule has 5 heteroatoms. The Morgan fingerprint density at radius 2 is 2.00 bits per heavy atom. The van der Waals surface area contributed by atoms with Gasteiger partial charge in [-0.3, -0.25) is 4.40 Å². The second-order valence-corrected chi connectivity index (χ2v) is 5.78. The van der Waals surface area contributed by atoms with Gasteiger partial charge in [0.25, 0.3) is 0 Å². The van der Waals surface area contributed by atoms with Crippen molar-refractivity contribution in [2.75, 3.05) is 6.61 Å². The van der Waals surface area contributed by atoms with Gasteiger partial charge >= 0.3 is 0 Å². The molecule has 1 atom stereocenters. The Bertz CT molecular complexity index is 782. The van der Waals surface area contributed by atoms with E-state index in [0.29, 0.717) is 13.0 Å². The van der Waals surface area contributed by atoms with Gasteiger partial charge in [0.2, 0.25) is 5.78 Å². The van der Waals surface area contributed by atoms with Crippen molar-refractivity contribution in [3.8, 4) is 0 Å². The van der Waals surface area contributed by atoms with Crippen molar-refractivity contribution >= 4 is 5.78 Å². The van der Waals surface area contributed by atoms with Gasteiger partial charge in [0.15, 0.2) is 0 Å². The summed E-state index contributed by atoms with van der Waals surface area (Å²) in [4.78, 5) is 8.86. The summed E-state index contributed by atoms with van der Waals surface area (Å²) in [6, 6.07) is 12.4. The molecule has 5 nitrogen and oxygen atoms in total. The smallest absolute Gasteiger partial charge is 0.234 e. The van der Waals surface area contributed by atoms with Gasteiger partial charge < -0.3 is 10.4 Å². The van der Waals surface area contributed by atoms with E-state index in [1.54, 1.807) is 0 Å². The van der Waals surface area contributed by atoms with E-state index in [-0.39, 0.29) is 12.6 Å². The minimum absolute atomic E-state index is 0.116. The Balaban J connectivity index is 1.81.